The highest BCUT2D eigenvalue weighted by molar-refractivity contribution is 5.71. The minimum atomic E-state index is -0.844. The lowest BCUT2D eigenvalue weighted by Crippen LogP contribution is -2.30. The van der Waals surface area contributed by atoms with E-state index in [4.69, 9.17) is 14.2 Å². The first-order chi connectivity index (χ1) is 30.0. The molecule has 0 aromatic heterocycles. The van der Waals surface area contributed by atoms with E-state index in [1.54, 1.807) is 0 Å². The normalized spacial score (nSPS) is 13.3. The Morgan fingerprint density at radius 3 is 1.25 bits per heavy atom. The topological polar surface area (TPSA) is 78.9 Å². The predicted molar refractivity (Wildman–Crippen MR) is 260 cm³/mol. The van der Waals surface area contributed by atoms with E-state index in [1.807, 2.05) is 12.2 Å². The molecule has 0 aliphatic rings. The van der Waals surface area contributed by atoms with E-state index in [-0.39, 0.29) is 38.0 Å². The molecule has 0 radical (unpaired) electrons. The summed E-state index contributed by atoms with van der Waals surface area (Å²) in [4.78, 5) is 37.7. The maximum atomic E-state index is 12.7. The van der Waals surface area contributed by atoms with Gasteiger partial charge in [0.15, 0.2) is 6.10 Å². The Bertz CT molecular complexity index is 1380. The Morgan fingerprint density at radius 1 is 0.361 bits per heavy atom. The predicted octanol–water partition coefficient (Wildman–Crippen LogP) is 15.5. The molecule has 0 saturated heterocycles. The number of ether oxygens (including phenoxy) is 3. The van der Waals surface area contributed by atoms with Crippen molar-refractivity contribution >= 4 is 17.9 Å². The van der Waals surface area contributed by atoms with Crippen LogP contribution < -0.4 is 0 Å². The van der Waals surface area contributed by atoms with E-state index in [0.717, 1.165) is 103 Å². The van der Waals surface area contributed by atoms with Gasteiger partial charge in [-0.1, -0.05) is 187 Å². The highest BCUT2D eigenvalue weighted by Gasteiger charge is 2.19. The van der Waals surface area contributed by atoms with Gasteiger partial charge in [-0.2, -0.15) is 0 Å². The maximum absolute atomic E-state index is 12.7. The van der Waals surface area contributed by atoms with Crippen molar-refractivity contribution in [2.75, 3.05) is 13.2 Å². The molecule has 0 spiro atoms. The molecule has 340 valence electrons. The zero-order valence-electron chi connectivity index (χ0n) is 38.6. The minimum absolute atomic E-state index is 0.136. The van der Waals surface area contributed by atoms with Crippen molar-refractivity contribution in [1.82, 2.24) is 0 Å². The molecule has 0 aromatic carbocycles. The Kier molecular flexibility index (Phi) is 44.7. The first-order valence-corrected chi connectivity index (χ1v) is 23.7. The molecular weight excluding hydrogens is 757 g/mol. The van der Waals surface area contributed by atoms with Crippen LogP contribution in [0.1, 0.15) is 175 Å². The average Bonchev–Trinajstić information content (AvgIpc) is 3.26. The highest BCUT2D eigenvalue weighted by Crippen LogP contribution is 2.10. The molecule has 0 heterocycles. The molecule has 6 nitrogen and oxygen atoms in total. The van der Waals surface area contributed by atoms with E-state index in [0.29, 0.717) is 19.3 Å². The first kappa shape index (κ1) is 56.5. The molecule has 0 aliphatic carbocycles. The second-order valence-corrected chi connectivity index (χ2v) is 15.0. The summed E-state index contributed by atoms with van der Waals surface area (Å²) in [6.45, 7) is 6.21. The van der Waals surface area contributed by atoms with Gasteiger partial charge >= 0.3 is 17.9 Å². The van der Waals surface area contributed by atoms with Gasteiger partial charge < -0.3 is 14.2 Å². The van der Waals surface area contributed by atoms with E-state index in [9.17, 15) is 14.4 Å². The Labute approximate surface area is 373 Å². The van der Waals surface area contributed by atoms with Crippen LogP contribution in [-0.4, -0.2) is 37.2 Å². The van der Waals surface area contributed by atoms with Gasteiger partial charge in [0.05, 0.1) is 0 Å². The molecule has 1 unspecified atom stereocenters. The van der Waals surface area contributed by atoms with Gasteiger partial charge in [0.1, 0.15) is 13.2 Å². The zero-order chi connectivity index (χ0) is 44.4. The molecule has 0 rings (SSSR count). The van der Waals surface area contributed by atoms with Crippen LogP contribution in [0.2, 0.25) is 0 Å². The molecular formula is C55H84O6. The lowest BCUT2D eigenvalue weighted by molar-refractivity contribution is -0.166. The third-order valence-corrected chi connectivity index (χ3v) is 9.23. The number of esters is 3. The Morgan fingerprint density at radius 2 is 0.738 bits per heavy atom. The van der Waals surface area contributed by atoms with Crippen molar-refractivity contribution in [3.05, 3.63) is 134 Å². The second kappa shape index (κ2) is 48.2. The fraction of sp³-hybridized carbons (Fsp3) is 0.545. The number of carbonyl (C=O) groups excluding carboxylic acids is 3. The van der Waals surface area contributed by atoms with Gasteiger partial charge in [-0.25, -0.2) is 0 Å². The van der Waals surface area contributed by atoms with Gasteiger partial charge in [-0.05, 0) is 103 Å². The largest absolute Gasteiger partial charge is 0.462 e. The summed E-state index contributed by atoms with van der Waals surface area (Å²) in [6.07, 6.45) is 67.4. The van der Waals surface area contributed by atoms with E-state index < -0.39 is 12.1 Å². The van der Waals surface area contributed by atoms with Crippen LogP contribution in [-0.2, 0) is 28.6 Å². The number of hydrogen-bond acceptors (Lipinski definition) is 6. The average molecular weight is 841 g/mol. The van der Waals surface area contributed by atoms with Gasteiger partial charge in [0, 0.05) is 19.3 Å². The third kappa shape index (κ3) is 46.5. The molecule has 0 saturated carbocycles. The number of rotatable bonds is 40. The first-order valence-electron chi connectivity index (χ1n) is 23.7. The summed E-state index contributed by atoms with van der Waals surface area (Å²) in [6, 6.07) is 0. The van der Waals surface area contributed by atoms with Gasteiger partial charge in [0.2, 0.25) is 0 Å². The van der Waals surface area contributed by atoms with Crippen molar-refractivity contribution in [2.45, 2.75) is 181 Å². The monoisotopic (exact) mass is 841 g/mol. The number of carbonyl (C=O) groups is 3. The van der Waals surface area contributed by atoms with Crippen LogP contribution in [0.3, 0.4) is 0 Å². The molecule has 0 N–H and O–H groups in total. The number of hydrogen-bond donors (Lipinski definition) is 0. The smallest absolute Gasteiger partial charge is 0.306 e. The van der Waals surface area contributed by atoms with Gasteiger partial charge in [-0.15, -0.1) is 0 Å². The third-order valence-electron chi connectivity index (χ3n) is 9.23. The van der Waals surface area contributed by atoms with Crippen LogP contribution in [0.25, 0.3) is 0 Å². The Hall–Kier alpha value is -4.45. The maximum Gasteiger partial charge on any atom is 0.306 e. The molecule has 0 aliphatic heterocycles. The van der Waals surface area contributed by atoms with E-state index in [2.05, 4.69) is 142 Å². The molecule has 0 amide bonds. The molecule has 0 bridgehead atoms. The van der Waals surface area contributed by atoms with Crippen molar-refractivity contribution in [2.24, 2.45) is 0 Å². The standard InChI is InChI=1S/C55H84O6/c1-4-7-10-13-16-19-21-23-25-27-28-30-31-33-36-39-42-45-48-54(57)60-51-52(50-59-53(56)47-44-41-38-35-18-15-12-9-6-3)61-55(58)49-46-43-40-37-34-32-29-26-24-22-20-17-14-11-8-5-2/h8-9,11-12,16-21,23-28,30,32,34-35,40,43,52H,4-7,10,13-15,22,29,31,33,36-39,41-42,44-51H2,1-3H3/b11-8-,12-9-,19-16-,20-17-,23-21-,26-24-,27-25-,30-28-,34-32-,35-18-,43-40-. The highest BCUT2D eigenvalue weighted by atomic mass is 16.6. The Balaban J connectivity index is 4.56. The van der Waals surface area contributed by atoms with Crippen LogP contribution >= 0.6 is 0 Å². The number of allylic oxidation sites excluding steroid dienone is 22. The molecule has 1 atom stereocenters. The van der Waals surface area contributed by atoms with E-state index >= 15 is 0 Å². The van der Waals surface area contributed by atoms with Crippen molar-refractivity contribution in [1.29, 1.82) is 0 Å². The molecule has 0 fully saturated rings. The fourth-order valence-corrected chi connectivity index (χ4v) is 5.71. The van der Waals surface area contributed by atoms with Crippen LogP contribution in [0.4, 0.5) is 0 Å². The lowest BCUT2D eigenvalue weighted by atomic mass is 10.1. The van der Waals surface area contributed by atoms with Crippen LogP contribution in [0.5, 0.6) is 0 Å². The summed E-state index contributed by atoms with van der Waals surface area (Å²) in [5.74, 6) is -1.09. The number of unbranched alkanes of at least 4 members (excludes halogenated alkanes) is 10. The summed E-state index contributed by atoms with van der Waals surface area (Å²) in [5, 5.41) is 0. The van der Waals surface area contributed by atoms with Crippen molar-refractivity contribution in [3.8, 4) is 0 Å². The van der Waals surface area contributed by atoms with E-state index in [1.165, 1.54) is 19.3 Å². The molecule has 6 heteroatoms. The quantitative estimate of drug-likeness (QED) is 0.0201. The van der Waals surface area contributed by atoms with Crippen LogP contribution in [0, 0.1) is 0 Å². The minimum Gasteiger partial charge on any atom is -0.462 e. The van der Waals surface area contributed by atoms with Gasteiger partial charge in [-0.3, -0.25) is 14.4 Å². The summed E-state index contributed by atoms with van der Waals surface area (Å²) < 4.78 is 16.6. The van der Waals surface area contributed by atoms with Crippen molar-refractivity contribution < 1.29 is 28.6 Å². The SMILES string of the molecule is CC/C=C\C/C=C\C/C=C\C/C=C\C/C=C\CCC(=O)OC(COC(=O)CCCC/C=C\C/C=C\CC)COC(=O)CCCCCCC\C=C/C=C\C=C/C=C\CCCCC. The fourth-order valence-electron chi connectivity index (χ4n) is 5.71. The lowest BCUT2D eigenvalue weighted by Gasteiger charge is -2.18. The zero-order valence-corrected chi connectivity index (χ0v) is 38.6. The second-order valence-electron chi connectivity index (χ2n) is 15.0. The molecule has 0 aromatic rings. The van der Waals surface area contributed by atoms with Crippen molar-refractivity contribution in [3.63, 3.8) is 0 Å². The summed E-state index contributed by atoms with van der Waals surface area (Å²) in [5.41, 5.74) is 0. The summed E-state index contributed by atoms with van der Waals surface area (Å²) >= 11 is 0. The van der Waals surface area contributed by atoms with Gasteiger partial charge in [0.25, 0.3) is 0 Å². The molecule has 61 heavy (non-hydrogen) atoms. The van der Waals surface area contributed by atoms with Crippen LogP contribution in [0.15, 0.2) is 134 Å². The summed E-state index contributed by atoms with van der Waals surface area (Å²) in [7, 11) is 0.